The number of carbonyl (C=O) groups excluding carboxylic acids is 1. The minimum Gasteiger partial charge on any atom is -0.480 e. The molecule has 0 fully saturated rings. The lowest BCUT2D eigenvalue weighted by atomic mass is 10.1. The lowest BCUT2D eigenvalue weighted by Crippen LogP contribution is -2.31. The molecule has 1 aliphatic heterocycles. The summed E-state index contributed by atoms with van der Waals surface area (Å²) in [4.78, 5) is 21.5. The van der Waals surface area contributed by atoms with Gasteiger partial charge in [0.2, 0.25) is 0 Å². The molecule has 6 heteroatoms. The van der Waals surface area contributed by atoms with Gasteiger partial charge in [-0.2, -0.15) is 0 Å². The summed E-state index contributed by atoms with van der Waals surface area (Å²) in [6, 6.07) is 17.5. The number of anilines is 1. The van der Waals surface area contributed by atoms with Crippen molar-refractivity contribution in [3.63, 3.8) is 0 Å². The maximum atomic E-state index is 12.6. The Morgan fingerprint density at radius 2 is 2.12 bits per heavy atom. The fourth-order valence-corrected chi connectivity index (χ4v) is 3.84. The summed E-state index contributed by atoms with van der Waals surface area (Å²) < 4.78 is 5.75. The Hall–Kier alpha value is -3.12. The number of ether oxygens (including phenoxy) is 1. The molecule has 0 radical (unpaired) electrons. The van der Waals surface area contributed by atoms with Crippen LogP contribution in [0, 0.1) is 0 Å². The Kier molecular flexibility index (Phi) is 3.50. The van der Waals surface area contributed by atoms with Crippen LogP contribution in [0.1, 0.15) is 5.56 Å². The SMILES string of the molecule is O=C(Nc1ccc2nc(-c3cccs3)[nH]c2c1)C1Cc2ccccc2O1. The number of carbonyl (C=O) groups is 1. The number of H-pyrrole nitrogens is 1. The first kappa shape index (κ1) is 15.2. The van der Waals surface area contributed by atoms with Crippen LogP contribution in [0.2, 0.25) is 0 Å². The lowest BCUT2D eigenvalue weighted by molar-refractivity contribution is -0.122. The van der Waals surface area contributed by atoms with Crippen LogP contribution < -0.4 is 10.1 Å². The lowest BCUT2D eigenvalue weighted by Gasteiger charge is -2.11. The molecule has 1 aliphatic rings. The molecule has 2 aromatic heterocycles. The number of amides is 1. The molecule has 0 spiro atoms. The number of hydrogen-bond acceptors (Lipinski definition) is 4. The van der Waals surface area contributed by atoms with E-state index in [1.807, 2.05) is 60.0 Å². The van der Waals surface area contributed by atoms with Crippen molar-refractivity contribution in [2.45, 2.75) is 12.5 Å². The maximum Gasteiger partial charge on any atom is 0.265 e. The van der Waals surface area contributed by atoms with Crippen molar-refractivity contribution >= 4 is 34.0 Å². The predicted octanol–water partition coefficient (Wildman–Crippen LogP) is 4.23. The Balaban J connectivity index is 1.36. The number of rotatable bonds is 3. The molecule has 2 N–H and O–H groups in total. The smallest absolute Gasteiger partial charge is 0.265 e. The van der Waals surface area contributed by atoms with Gasteiger partial charge in [0.1, 0.15) is 11.6 Å². The highest BCUT2D eigenvalue weighted by Gasteiger charge is 2.28. The monoisotopic (exact) mass is 361 g/mol. The number of aromatic nitrogens is 2. The predicted molar refractivity (Wildman–Crippen MR) is 103 cm³/mol. The van der Waals surface area contributed by atoms with Crippen molar-refractivity contribution in [1.29, 1.82) is 0 Å². The molecule has 5 rings (SSSR count). The van der Waals surface area contributed by atoms with Crippen LogP contribution in [0.15, 0.2) is 60.0 Å². The van der Waals surface area contributed by atoms with E-state index in [9.17, 15) is 4.79 Å². The van der Waals surface area contributed by atoms with E-state index in [1.165, 1.54) is 0 Å². The van der Waals surface area contributed by atoms with Gasteiger partial charge in [0, 0.05) is 12.1 Å². The van der Waals surface area contributed by atoms with Gasteiger partial charge in [0.05, 0.1) is 15.9 Å². The van der Waals surface area contributed by atoms with Crippen molar-refractivity contribution in [2.24, 2.45) is 0 Å². The number of nitrogens with zero attached hydrogens (tertiary/aromatic N) is 1. The van der Waals surface area contributed by atoms with Crippen LogP contribution in [0.25, 0.3) is 21.7 Å². The molecule has 0 aliphatic carbocycles. The number of thiophene rings is 1. The highest BCUT2D eigenvalue weighted by molar-refractivity contribution is 7.13. The number of nitrogens with one attached hydrogen (secondary N) is 2. The molecular formula is C20H15N3O2S. The van der Waals surface area contributed by atoms with Crippen molar-refractivity contribution in [2.75, 3.05) is 5.32 Å². The molecule has 0 saturated heterocycles. The summed E-state index contributed by atoms with van der Waals surface area (Å²) >= 11 is 1.64. The Bertz CT molecular complexity index is 1080. The molecule has 1 unspecified atom stereocenters. The number of hydrogen-bond donors (Lipinski definition) is 2. The summed E-state index contributed by atoms with van der Waals surface area (Å²) in [6.07, 6.45) is 0.100. The van der Waals surface area contributed by atoms with Gasteiger partial charge in [0.15, 0.2) is 6.10 Å². The molecular weight excluding hydrogens is 346 g/mol. The number of imidazole rings is 1. The number of fused-ring (bicyclic) bond motifs is 2. The van der Waals surface area contributed by atoms with Crippen LogP contribution in [0.3, 0.4) is 0 Å². The van der Waals surface area contributed by atoms with Gasteiger partial charge in [-0.05, 0) is 41.3 Å². The second kappa shape index (κ2) is 6.00. The van der Waals surface area contributed by atoms with E-state index < -0.39 is 6.10 Å². The maximum absolute atomic E-state index is 12.6. The third kappa shape index (κ3) is 2.64. The first-order valence-corrected chi connectivity index (χ1v) is 9.23. The molecule has 4 aromatic rings. The molecule has 1 amide bonds. The van der Waals surface area contributed by atoms with E-state index in [-0.39, 0.29) is 5.91 Å². The summed E-state index contributed by atoms with van der Waals surface area (Å²) in [6.45, 7) is 0. The molecule has 2 aromatic carbocycles. The standard InChI is InChI=1S/C20H15N3O2S/c24-20(17-10-12-4-1-2-5-16(12)25-17)21-13-7-8-14-15(11-13)23-19(22-14)18-6-3-9-26-18/h1-9,11,17H,10H2,(H,21,24)(H,22,23). The van der Waals surface area contributed by atoms with Crippen LogP contribution in [-0.2, 0) is 11.2 Å². The second-order valence-corrected chi connectivity index (χ2v) is 7.15. The summed E-state index contributed by atoms with van der Waals surface area (Å²) in [5.74, 6) is 1.49. The molecule has 3 heterocycles. The largest absolute Gasteiger partial charge is 0.480 e. The first-order valence-electron chi connectivity index (χ1n) is 8.35. The zero-order valence-electron chi connectivity index (χ0n) is 13.7. The number of benzene rings is 2. The van der Waals surface area contributed by atoms with E-state index in [2.05, 4.69) is 15.3 Å². The Labute approximate surface area is 153 Å². The van der Waals surface area contributed by atoms with Crippen LogP contribution in [0.4, 0.5) is 5.69 Å². The van der Waals surface area contributed by atoms with E-state index in [4.69, 9.17) is 4.74 Å². The van der Waals surface area contributed by atoms with Gasteiger partial charge in [-0.1, -0.05) is 24.3 Å². The Morgan fingerprint density at radius 1 is 1.19 bits per heavy atom. The van der Waals surface area contributed by atoms with Crippen LogP contribution in [-0.4, -0.2) is 22.0 Å². The topological polar surface area (TPSA) is 67.0 Å². The quantitative estimate of drug-likeness (QED) is 0.574. The van der Waals surface area contributed by atoms with Crippen molar-refractivity contribution in [3.05, 3.63) is 65.5 Å². The fraction of sp³-hybridized carbons (Fsp3) is 0.100. The van der Waals surface area contributed by atoms with Crippen molar-refractivity contribution in [3.8, 4) is 16.5 Å². The molecule has 0 saturated carbocycles. The van der Waals surface area contributed by atoms with Gasteiger partial charge in [0.25, 0.3) is 5.91 Å². The molecule has 0 bridgehead atoms. The summed E-state index contributed by atoms with van der Waals surface area (Å²) in [5.41, 5.74) is 3.55. The van der Waals surface area contributed by atoms with Gasteiger partial charge < -0.3 is 15.0 Å². The average molecular weight is 361 g/mol. The van der Waals surface area contributed by atoms with Crippen molar-refractivity contribution in [1.82, 2.24) is 9.97 Å². The van der Waals surface area contributed by atoms with E-state index in [0.717, 1.165) is 38.7 Å². The average Bonchev–Trinajstić information content (AvgIpc) is 3.38. The molecule has 5 nitrogen and oxygen atoms in total. The number of aromatic amines is 1. The second-order valence-electron chi connectivity index (χ2n) is 6.20. The normalized spacial score (nSPS) is 15.6. The minimum absolute atomic E-state index is 0.140. The van der Waals surface area contributed by atoms with Gasteiger partial charge in [-0.25, -0.2) is 4.98 Å². The third-order valence-corrected chi connectivity index (χ3v) is 5.32. The summed E-state index contributed by atoms with van der Waals surface area (Å²) in [7, 11) is 0. The van der Waals surface area contributed by atoms with Crippen LogP contribution >= 0.6 is 11.3 Å². The van der Waals surface area contributed by atoms with Gasteiger partial charge in [-0.3, -0.25) is 4.79 Å². The van der Waals surface area contributed by atoms with Crippen molar-refractivity contribution < 1.29 is 9.53 Å². The van der Waals surface area contributed by atoms with Gasteiger partial charge >= 0.3 is 0 Å². The third-order valence-electron chi connectivity index (χ3n) is 4.44. The summed E-state index contributed by atoms with van der Waals surface area (Å²) in [5, 5.41) is 4.97. The molecule has 26 heavy (non-hydrogen) atoms. The highest BCUT2D eigenvalue weighted by Crippen LogP contribution is 2.29. The molecule has 1 atom stereocenters. The van der Waals surface area contributed by atoms with Crippen LogP contribution in [0.5, 0.6) is 5.75 Å². The zero-order valence-corrected chi connectivity index (χ0v) is 14.5. The molecule has 128 valence electrons. The van der Waals surface area contributed by atoms with Gasteiger partial charge in [-0.15, -0.1) is 11.3 Å². The minimum atomic E-state index is -0.494. The number of para-hydroxylation sites is 1. The van der Waals surface area contributed by atoms with E-state index >= 15 is 0 Å². The fourth-order valence-electron chi connectivity index (χ4n) is 3.17. The zero-order chi connectivity index (χ0) is 17.5. The van der Waals surface area contributed by atoms with E-state index in [0.29, 0.717) is 6.42 Å². The first-order chi connectivity index (χ1) is 12.8. The van der Waals surface area contributed by atoms with E-state index in [1.54, 1.807) is 11.3 Å². The highest BCUT2D eigenvalue weighted by atomic mass is 32.1. The Morgan fingerprint density at radius 3 is 2.96 bits per heavy atom.